The number of ether oxygens (including phenoxy) is 1. The number of hydrogen-bond donors (Lipinski definition) is 1. The van der Waals surface area contributed by atoms with Crippen LogP contribution in [-0.4, -0.2) is 36.7 Å². The van der Waals surface area contributed by atoms with Gasteiger partial charge in [0.05, 0.1) is 13.4 Å². The lowest BCUT2D eigenvalue weighted by atomic mass is 10.0. The minimum Gasteiger partial charge on any atom is -0.515 e. The highest BCUT2D eigenvalue weighted by molar-refractivity contribution is 6.40. The largest absolute Gasteiger partial charge is 0.515 e. The van der Waals surface area contributed by atoms with Gasteiger partial charge in [-0.15, -0.1) is 0 Å². The van der Waals surface area contributed by atoms with Crippen molar-refractivity contribution in [2.24, 2.45) is 10.3 Å². The molecule has 7 heteroatoms. The molecule has 0 bridgehead atoms. The Morgan fingerprint density at radius 1 is 1.17 bits per heavy atom. The molecule has 0 aliphatic rings. The van der Waals surface area contributed by atoms with Crippen LogP contribution in [0.25, 0.3) is 5.57 Å². The highest BCUT2D eigenvalue weighted by Crippen LogP contribution is 2.21. The quantitative estimate of drug-likeness (QED) is 0.274. The van der Waals surface area contributed by atoms with Crippen molar-refractivity contribution in [3.8, 4) is 0 Å². The molecule has 1 aromatic carbocycles. The molecule has 0 aliphatic carbocycles. The summed E-state index contributed by atoms with van der Waals surface area (Å²) >= 11 is 0. The summed E-state index contributed by atoms with van der Waals surface area (Å²) in [4.78, 5) is 21.6. The first kappa shape index (κ1) is 18.2. The van der Waals surface area contributed by atoms with Gasteiger partial charge in [-0.25, -0.2) is 4.79 Å². The Morgan fingerprint density at radius 3 is 2.43 bits per heavy atom. The van der Waals surface area contributed by atoms with Gasteiger partial charge in [0, 0.05) is 5.56 Å². The molecule has 0 saturated heterocycles. The Morgan fingerprint density at radius 2 is 1.83 bits per heavy atom. The van der Waals surface area contributed by atoms with Crippen molar-refractivity contribution in [1.29, 1.82) is 0 Å². The van der Waals surface area contributed by atoms with E-state index in [1.807, 2.05) is 0 Å². The highest BCUT2D eigenvalue weighted by atomic mass is 16.6. The number of oxime groups is 2. The average molecular weight is 320 g/mol. The topological polar surface area (TPSA) is 89.7 Å². The second-order valence-electron chi connectivity index (χ2n) is 4.50. The van der Waals surface area contributed by atoms with Crippen molar-refractivity contribution in [2.75, 3.05) is 14.2 Å². The first-order valence-electron chi connectivity index (χ1n) is 6.80. The Balaban J connectivity index is 2.93. The molecule has 0 saturated carbocycles. The number of methoxy groups -OCH3 is 1. The highest BCUT2D eigenvalue weighted by Gasteiger charge is 2.16. The van der Waals surface area contributed by atoms with Gasteiger partial charge in [-0.3, -0.25) is 0 Å². The smallest absolute Gasteiger partial charge is 0.341 e. The number of aliphatic hydroxyl groups excluding tert-OH is 1. The normalized spacial score (nSPS) is 12.8. The van der Waals surface area contributed by atoms with Gasteiger partial charge in [-0.05, 0) is 19.4 Å². The molecule has 1 aromatic rings. The predicted molar refractivity (Wildman–Crippen MR) is 87.1 cm³/mol. The van der Waals surface area contributed by atoms with E-state index in [9.17, 15) is 9.90 Å². The van der Waals surface area contributed by atoms with E-state index in [-0.39, 0.29) is 12.2 Å². The van der Waals surface area contributed by atoms with Crippen molar-refractivity contribution in [1.82, 2.24) is 0 Å². The summed E-state index contributed by atoms with van der Waals surface area (Å²) in [5, 5.41) is 17.0. The molecule has 0 atom stereocenters. The van der Waals surface area contributed by atoms with Gasteiger partial charge in [0.25, 0.3) is 0 Å². The van der Waals surface area contributed by atoms with Crippen LogP contribution in [0.4, 0.5) is 0 Å². The fourth-order valence-corrected chi connectivity index (χ4v) is 1.72. The first-order chi connectivity index (χ1) is 11.0. The molecule has 0 aromatic heterocycles. The third-order valence-electron chi connectivity index (χ3n) is 3.02. The van der Waals surface area contributed by atoms with Crippen LogP contribution in [0.3, 0.4) is 0 Å². The molecule has 0 amide bonds. The van der Waals surface area contributed by atoms with Gasteiger partial charge in [0.15, 0.2) is 0 Å². The van der Waals surface area contributed by atoms with Crippen LogP contribution in [0.15, 0.2) is 40.8 Å². The Hall–Kier alpha value is -2.83. The standard InChI is InChI=1S/C16H20N2O5/c1-11(17-22-4)12(2)18-23-10-13-7-5-6-8-14(13)15(9-19)16(20)21-3/h5-9,19H,10H2,1-4H3/b15-9-,17-11+,18-12+. The van der Waals surface area contributed by atoms with Gasteiger partial charge in [-0.2, -0.15) is 0 Å². The van der Waals surface area contributed by atoms with E-state index in [0.717, 1.165) is 0 Å². The number of esters is 1. The second-order valence-corrected chi connectivity index (χ2v) is 4.50. The summed E-state index contributed by atoms with van der Waals surface area (Å²) in [7, 11) is 2.69. The molecule has 0 heterocycles. The molecule has 124 valence electrons. The number of hydrogen-bond acceptors (Lipinski definition) is 7. The monoisotopic (exact) mass is 320 g/mol. The molecule has 23 heavy (non-hydrogen) atoms. The van der Waals surface area contributed by atoms with E-state index in [0.29, 0.717) is 28.8 Å². The maximum Gasteiger partial charge on any atom is 0.341 e. The van der Waals surface area contributed by atoms with Crippen LogP contribution in [0.2, 0.25) is 0 Å². The number of carbonyl (C=O) groups is 1. The average Bonchev–Trinajstić information content (AvgIpc) is 2.56. The van der Waals surface area contributed by atoms with E-state index in [1.54, 1.807) is 38.1 Å². The van der Waals surface area contributed by atoms with Crippen LogP contribution in [0.5, 0.6) is 0 Å². The lowest BCUT2D eigenvalue weighted by molar-refractivity contribution is -0.133. The number of carbonyl (C=O) groups excluding carboxylic acids is 1. The lowest BCUT2D eigenvalue weighted by Crippen LogP contribution is -2.08. The minimum absolute atomic E-state index is 0.0459. The minimum atomic E-state index is -0.636. The fourth-order valence-electron chi connectivity index (χ4n) is 1.72. The van der Waals surface area contributed by atoms with E-state index >= 15 is 0 Å². The molecule has 0 unspecified atom stereocenters. The zero-order chi connectivity index (χ0) is 17.2. The van der Waals surface area contributed by atoms with E-state index in [4.69, 9.17) is 4.84 Å². The second kappa shape index (κ2) is 9.24. The fraction of sp³-hybridized carbons (Fsp3) is 0.312. The maximum absolute atomic E-state index is 11.7. The molecule has 0 fully saturated rings. The Bertz CT molecular complexity index is 635. The van der Waals surface area contributed by atoms with Gasteiger partial charge >= 0.3 is 5.97 Å². The van der Waals surface area contributed by atoms with E-state index in [2.05, 4.69) is 19.9 Å². The van der Waals surface area contributed by atoms with Gasteiger partial charge < -0.3 is 19.5 Å². The van der Waals surface area contributed by atoms with Gasteiger partial charge in [0.1, 0.15) is 30.7 Å². The molecule has 0 radical (unpaired) electrons. The summed E-state index contributed by atoms with van der Waals surface area (Å²) < 4.78 is 4.65. The number of nitrogens with zero attached hydrogens (tertiary/aromatic N) is 2. The maximum atomic E-state index is 11.7. The summed E-state index contributed by atoms with van der Waals surface area (Å²) in [6.45, 7) is 3.59. The van der Waals surface area contributed by atoms with Gasteiger partial charge in [-0.1, -0.05) is 34.6 Å². The van der Waals surface area contributed by atoms with E-state index in [1.165, 1.54) is 14.2 Å². The zero-order valence-corrected chi connectivity index (χ0v) is 13.6. The van der Waals surface area contributed by atoms with Crippen LogP contribution < -0.4 is 0 Å². The van der Waals surface area contributed by atoms with Gasteiger partial charge in [0.2, 0.25) is 0 Å². The molecule has 7 nitrogen and oxygen atoms in total. The summed E-state index contributed by atoms with van der Waals surface area (Å²) in [6, 6.07) is 6.99. The van der Waals surface area contributed by atoms with Crippen molar-refractivity contribution < 1.29 is 24.3 Å². The molecule has 1 rings (SSSR count). The molecule has 0 spiro atoms. The van der Waals surface area contributed by atoms with Crippen molar-refractivity contribution in [3.63, 3.8) is 0 Å². The zero-order valence-electron chi connectivity index (χ0n) is 13.6. The number of benzene rings is 1. The summed E-state index contributed by atoms with van der Waals surface area (Å²) in [5.41, 5.74) is 2.39. The van der Waals surface area contributed by atoms with E-state index < -0.39 is 5.97 Å². The van der Waals surface area contributed by atoms with Crippen LogP contribution in [0, 0.1) is 0 Å². The SMILES string of the molecule is CO/N=C(C)/C(C)=N/OCc1ccccc1/C(=C/O)C(=O)OC. The van der Waals surface area contributed by atoms with Crippen molar-refractivity contribution >= 4 is 23.0 Å². The lowest BCUT2D eigenvalue weighted by Gasteiger charge is -2.10. The Kier molecular flexibility index (Phi) is 7.32. The Labute approximate surface area is 134 Å². The molecular formula is C16H20N2O5. The van der Waals surface area contributed by atoms with Crippen LogP contribution in [-0.2, 0) is 25.8 Å². The molecular weight excluding hydrogens is 300 g/mol. The number of rotatable bonds is 7. The summed E-state index contributed by atoms with van der Waals surface area (Å²) in [6.07, 6.45) is 0.717. The van der Waals surface area contributed by atoms with Crippen molar-refractivity contribution in [3.05, 3.63) is 41.7 Å². The third-order valence-corrected chi connectivity index (χ3v) is 3.02. The third kappa shape index (κ3) is 5.14. The number of aliphatic hydroxyl groups is 1. The first-order valence-corrected chi connectivity index (χ1v) is 6.80. The predicted octanol–water partition coefficient (Wildman–Crippen LogP) is 2.67. The summed E-state index contributed by atoms with van der Waals surface area (Å²) in [5.74, 6) is -0.636. The molecule has 1 N–H and O–H groups in total. The van der Waals surface area contributed by atoms with Crippen LogP contribution in [0.1, 0.15) is 25.0 Å². The molecule has 0 aliphatic heterocycles. The van der Waals surface area contributed by atoms with Crippen molar-refractivity contribution in [2.45, 2.75) is 20.5 Å². The van der Waals surface area contributed by atoms with Crippen LogP contribution >= 0.6 is 0 Å².